The average Bonchev–Trinajstić information content (AvgIpc) is 3.16. The fraction of sp³-hybridized carbons (Fsp3) is 0.320. The van der Waals surface area contributed by atoms with Crippen LogP contribution in [0.3, 0.4) is 0 Å². The number of H-pyrrole nitrogens is 1. The summed E-state index contributed by atoms with van der Waals surface area (Å²) in [4.78, 5) is 19.1. The SMILES string of the molecule is Cl.O=c1[nH]c2ccc(CCCCN3CCN(c4cccc5ccccc45)CC3)cc2o1. The first kappa shape index (κ1) is 21.5. The molecule has 6 heteroatoms. The molecule has 1 N–H and O–H groups in total. The lowest BCUT2D eigenvalue weighted by Gasteiger charge is -2.36. The molecule has 0 radical (unpaired) electrons. The van der Waals surface area contributed by atoms with Crippen LogP contribution in [-0.4, -0.2) is 42.6 Å². The predicted molar refractivity (Wildman–Crippen MR) is 130 cm³/mol. The molecule has 1 aliphatic heterocycles. The van der Waals surface area contributed by atoms with Crippen LogP contribution in [0, 0.1) is 0 Å². The highest BCUT2D eigenvalue weighted by Gasteiger charge is 2.18. The van der Waals surface area contributed by atoms with E-state index in [1.54, 1.807) is 0 Å². The van der Waals surface area contributed by atoms with E-state index < -0.39 is 0 Å². The number of unbranched alkanes of at least 4 members (excludes halogenated alkanes) is 1. The third-order valence-corrected chi connectivity index (χ3v) is 6.15. The smallest absolute Gasteiger partial charge is 0.408 e. The van der Waals surface area contributed by atoms with Crippen molar-refractivity contribution in [1.29, 1.82) is 0 Å². The van der Waals surface area contributed by atoms with Gasteiger partial charge in [0.05, 0.1) is 5.52 Å². The third kappa shape index (κ3) is 4.78. The van der Waals surface area contributed by atoms with Gasteiger partial charge in [-0.05, 0) is 55.0 Å². The second-order valence-electron chi connectivity index (χ2n) is 8.13. The van der Waals surface area contributed by atoms with Crippen molar-refractivity contribution in [2.24, 2.45) is 0 Å². The Morgan fingerprint density at radius 1 is 0.903 bits per heavy atom. The number of benzene rings is 3. The van der Waals surface area contributed by atoms with Gasteiger partial charge in [0.25, 0.3) is 0 Å². The molecule has 1 aromatic heterocycles. The molecule has 5 rings (SSSR count). The quantitative estimate of drug-likeness (QED) is 0.438. The second kappa shape index (κ2) is 9.58. The Hall–Kier alpha value is -2.76. The van der Waals surface area contributed by atoms with Gasteiger partial charge in [0, 0.05) is 37.3 Å². The Bertz CT molecular complexity index is 1200. The lowest BCUT2D eigenvalue weighted by atomic mass is 10.1. The van der Waals surface area contributed by atoms with Gasteiger partial charge >= 0.3 is 5.76 Å². The summed E-state index contributed by atoms with van der Waals surface area (Å²) in [5.41, 5.74) is 4.01. The minimum Gasteiger partial charge on any atom is -0.408 e. The molecule has 0 spiro atoms. The van der Waals surface area contributed by atoms with Crippen LogP contribution in [0.15, 0.2) is 69.9 Å². The summed E-state index contributed by atoms with van der Waals surface area (Å²) < 4.78 is 5.16. The highest BCUT2D eigenvalue weighted by Crippen LogP contribution is 2.27. The van der Waals surface area contributed by atoms with Crippen LogP contribution >= 0.6 is 12.4 Å². The van der Waals surface area contributed by atoms with Crippen molar-refractivity contribution >= 4 is 40.0 Å². The van der Waals surface area contributed by atoms with Gasteiger partial charge in [0.15, 0.2) is 5.58 Å². The molecule has 5 nitrogen and oxygen atoms in total. The zero-order valence-electron chi connectivity index (χ0n) is 17.5. The Morgan fingerprint density at radius 2 is 1.71 bits per heavy atom. The van der Waals surface area contributed by atoms with Crippen molar-refractivity contribution in [2.75, 3.05) is 37.6 Å². The molecule has 3 aromatic carbocycles. The lowest BCUT2D eigenvalue weighted by Crippen LogP contribution is -2.46. The molecular weight excluding hydrogens is 410 g/mol. The van der Waals surface area contributed by atoms with E-state index in [9.17, 15) is 4.79 Å². The number of aryl methyl sites for hydroxylation is 1. The van der Waals surface area contributed by atoms with E-state index in [1.165, 1.54) is 28.4 Å². The first-order valence-electron chi connectivity index (χ1n) is 10.8. The molecule has 0 bridgehead atoms. The average molecular weight is 438 g/mol. The second-order valence-corrected chi connectivity index (χ2v) is 8.13. The largest absolute Gasteiger partial charge is 0.417 e. The number of nitrogens with one attached hydrogen (secondary N) is 1. The Kier molecular flexibility index (Phi) is 6.64. The summed E-state index contributed by atoms with van der Waals surface area (Å²) in [7, 11) is 0. The molecule has 4 aromatic rings. The maximum absolute atomic E-state index is 11.3. The van der Waals surface area contributed by atoms with E-state index in [4.69, 9.17) is 4.42 Å². The fourth-order valence-electron chi connectivity index (χ4n) is 4.51. The lowest BCUT2D eigenvalue weighted by molar-refractivity contribution is 0.253. The number of rotatable bonds is 6. The number of hydrogen-bond donors (Lipinski definition) is 1. The van der Waals surface area contributed by atoms with E-state index in [-0.39, 0.29) is 18.2 Å². The van der Waals surface area contributed by atoms with Gasteiger partial charge in [0.2, 0.25) is 0 Å². The van der Waals surface area contributed by atoms with Gasteiger partial charge in [-0.1, -0.05) is 42.5 Å². The van der Waals surface area contributed by atoms with Gasteiger partial charge < -0.3 is 9.32 Å². The Balaban J connectivity index is 0.00000231. The minimum absolute atomic E-state index is 0. The molecule has 0 atom stereocenters. The molecule has 1 saturated heterocycles. The number of aromatic amines is 1. The summed E-state index contributed by atoms with van der Waals surface area (Å²) in [5.74, 6) is -0.384. The molecule has 0 amide bonds. The first-order valence-corrected chi connectivity index (χ1v) is 10.8. The highest BCUT2D eigenvalue weighted by atomic mass is 35.5. The van der Waals surface area contributed by atoms with E-state index in [0.29, 0.717) is 5.58 Å². The van der Waals surface area contributed by atoms with Crippen molar-refractivity contribution in [3.8, 4) is 0 Å². The van der Waals surface area contributed by atoms with Crippen LogP contribution in [0.25, 0.3) is 21.9 Å². The zero-order valence-corrected chi connectivity index (χ0v) is 18.4. The van der Waals surface area contributed by atoms with Gasteiger partial charge in [-0.25, -0.2) is 4.79 Å². The molecule has 1 aliphatic rings. The number of fused-ring (bicyclic) bond motifs is 2. The number of aromatic nitrogens is 1. The van der Waals surface area contributed by atoms with Crippen molar-refractivity contribution in [3.63, 3.8) is 0 Å². The summed E-state index contributed by atoms with van der Waals surface area (Å²) in [6, 6.07) is 21.3. The highest BCUT2D eigenvalue weighted by molar-refractivity contribution is 5.94. The summed E-state index contributed by atoms with van der Waals surface area (Å²) in [6.45, 7) is 5.53. The van der Waals surface area contributed by atoms with Gasteiger partial charge in [-0.2, -0.15) is 0 Å². The third-order valence-electron chi connectivity index (χ3n) is 6.15. The zero-order chi connectivity index (χ0) is 20.3. The van der Waals surface area contributed by atoms with Crippen LogP contribution < -0.4 is 10.7 Å². The minimum atomic E-state index is -0.384. The number of halogens is 1. The van der Waals surface area contributed by atoms with Gasteiger partial charge in [-0.3, -0.25) is 9.88 Å². The molecular formula is C25H28ClN3O2. The summed E-state index contributed by atoms with van der Waals surface area (Å²) in [6.07, 6.45) is 3.34. The predicted octanol–water partition coefficient (Wildman–Crippen LogP) is 4.84. The Morgan fingerprint density at radius 3 is 2.58 bits per heavy atom. The number of hydrogen-bond acceptors (Lipinski definition) is 4. The molecule has 0 saturated carbocycles. The van der Waals surface area contributed by atoms with E-state index in [0.717, 1.165) is 51.1 Å². The normalized spacial score (nSPS) is 14.8. The molecule has 1 fully saturated rings. The summed E-state index contributed by atoms with van der Waals surface area (Å²) in [5, 5.41) is 2.67. The molecule has 0 unspecified atom stereocenters. The molecule has 0 aliphatic carbocycles. The van der Waals surface area contributed by atoms with Crippen LogP contribution in [0.5, 0.6) is 0 Å². The number of piperazine rings is 1. The fourth-order valence-corrected chi connectivity index (χ4v) is 4.51. The van der Waals surface area contributed by atoms with Crippen molar-refractivity contribution in [2.45, 2.75) is 19.3 Å². The monoisotopic (exact) mass is 437 g/mol. The standard InChI is InChI=1S/C25H27N3O2.ClH/c29-25-26-22-12-11-19(18-24(22)30-25)6-3-4-13-27-14-16-28(17-15-27)23-10-5-8-20-7-1-2-9-21(20)23;/h1-2,5,7-12,18H,3-4,6,13-17H2,(H,26,29);1H. The molecule has 31 heavy (non-hydrogen) atoms. The van der Waals surface area contributed by atoms with E-state index in [1.807, 2.05) is 12.1 Å². The van der Waals surface area contributed by atoms with Crippen LogP contribution in [0.2, 0.25) is 0 Å². The van der Waals surface area contributed by atoms with Gasteiger partial charge in [0.1, 0.15) is 0 Å². The number of anilines is 1. The number of oxazole rings is 1. The van der Waals surface area contributed by atoms with Crippen molar-refractivity contribution < 1.29 is 4.42 Å². The topological polar surface area (TPSA) is 52.5 Å². The Labute approximate surface area is 188 Å². The van der Waals surface area contributed by atoms with E-state index in [2.05, 4.69) is 63.3 Å². The molecule has 2 heterocycles. The van der Waals surface area contributed by atoms with Crippen molar-refractivity contribution in [1.82, 2.24) is 9.88 Å². The molecule has 162 valence electrons. The van der Waals surface area contributed by atoms with Gasteiger partial charge in [-0.15, -0.1) is 12.4 Å². The maximum atomic E-state index is 11.3. The van der Waals surface area contributed by atoms with E-state index >= 15 is 0 Å². The van der Waals surface area contributed by atoms with Crippen LogP contribution in [0.1, 0.15) is 18.4 Å². The number of nitrogens with zero attached hydrogens (tertiary/aromatic N) is 2. The summed E-state index contributed by atoms with van der Waals surface area (Å²) >= 11 is 0. The van der Waals surface area contributed by atoms with Crippen LogP contribution in [-0.2, 0) is 6.42 Å². The maximum Gasteiger partial charge on any atom is 0.417 e. The van der Waals surface area contributed by atoms with Crippen LogP contribution in [0.4, 0.5) is 5.69 Å². The van der Waals surface area contributed by atoms with Crippen molar-refractivity contribution in [3.05, 3.63) is 76.8 Å². The first-order chi connectivity index (χ1) is 14.8.